The van der Waals surface area contributed by atoms with Crippen molar-refractivity contribution < 1.29 is 4.79 Å². The number of carbonyl (C=O) groups is 1. The van der Waals surface area contributed by atoms with E-state index < -0.39 is 6.03 Å². The fourth-order valence-corrected chi connectivity index (χ4v) is 2.17. The second-order valence-electron chi connectivity index (χ2n) is 4.48. The highest BCUT2D eigenvalue weighted by atomic mass is 16.2. The lowest BCUT2D eigenvalue weighted by Gasteiger charge is -2.17. The van der Waals surface area contributed by atoms with E-state index in [1.807, 2.05) is 67.6 Å². The molecule has 0 fully saturated rings. The lowest BCUT2D eigenvalue weighted by Crippen LogP contribution is -2.26. The predicted octanol–water partition coefficient (Wildman–Crippen LogP) is 2.86. The second-order valence-corrected chi connectivity index (χ2v) is 4.48. The van der Waals surface area contributed by atoms with Gasteiger partial charge < -0.3 is 5.73 Å². The Labute approximate surface area is 118 Å². The maximum Gasteiger partial charge on any atom is 0.332 e. The molecule has 0 heterocycles. The average molecular weight is 267 g/mol. The zero-order valence-corrected chi connectivity index (χ0v) is 11.3. The quantitative estimate of drug-likeness (QED) is 0.649. The monoisotopic (exact) mass is 267 g/mol. The Morgan fingerprint density at radius 1 is 1.00 bits per heavy atom. The van der Waals surface area contributed by atoms with E-state index in [-0.39, 0.29) is 5.92 Å². The highest BCUT2D eigenvalue weighted by molar-refractivity contribution is 5.92. The van der Waals surface area contributed by atoms with Gasteiger partial charge in [-0.15, -0.1) is 0 Å². The second kappa shape index (κ2) is 6.52. The van der Waals surface area contributed by atoms with Crippen LogP contribution in [0, 0.1) is 0 Å². The Morgan fingerprint density at radius 2 is 1.45 bits per heavy atom. The SMILES string of the molecule is C/C(=N/NC(N)=O)C(c1ccccc1)c1ccccc1. The average Bonchev–Trinajstić information content (AvgIpc) is 2.48. The number of benzene rings is 2. The molecule has 2 aromatic carbocycles. The summed E-state index contributed by atoms with van der Waals surface area (Å²) in [5.41, 5.74) is 10.4. The van der Waals surface area contributed by atoms with Crippen LogP contribution in [0.15, 0.2) is 65.8 Å². The molecule has 0 aliphatic heterocycles. The van der Waals surface area contributed by atoms with Crippen molar-refractivity contribution in [1.82, 2.24) is 5.43 Å². The predicted molar refractivity (Wildman–Crippen MR) is 80.6 cm³/mol. The molecule has 0 aliphatic rings. The molecule has 0 aliphatic carbocycles. The molecule has 0 aromatic heterocycles. The third kappa shape index (κ3) is 3.45. The van der Waals surface area contributed by atoms with E-state index in [2.05, 4.69) is 10.5 Å². The third-order valence-corrected chi connectivity index (χ3v) is 3.03. The van der Waals surface area contributed by atoms with Crippen LogP contribution in [0.2, 0.25) is 0 Å². The van der Waals surface area contributed by atoms with Gasteiger partial charge in [-0.2, -0.15) is 5.10 Å². The maximum absolute atomic E-state index is 10.8. The van der Waals surface area contributed by atoms with Crippen molar-refractivity contribution in [2.24, 2.45) is 10.8 Å². The van der Waals surface area contributed by atoms with Crippen molar-refractivity contribution in [2.75, 3.05) is 0 Å². The van der Waals surface area contributed by atoms with Crippen molar-refractivity contribution in [3.05, 3.63) is 71.8 Å². The Bertz CT molecular complexity index is 554. The number of nitrogens with one attached hydrogen (secondary N) is 1. The Kier molecular flexibility index (Phi) is 4.50. The van der Waals surface area contributed by atoms with Crippen molar-refractivity contribution in [3.8, 4) is 0 Å². The zero-order valence-electron chi connectivity index (χ0n) is 11.3. The number of primary amides is 1. The molecule has 20 heavy (non-hydrogen) atoms. The fourth-order valence-electron chi connectivity index (χ4n) is 2.17. The summed E-state index contributed by atoms with van der Waals surface area (Å²) in [6.45, 7) is 1.88. The molecule has 2 aromatic rings. The largest absolute Gasteiger partial charge is 0.350 e. The Morgan fingerprint density at radius 3 is 1.85 bits per heavy atom. The Balaban J connectivity index is 2.40. The topological polar surface area (TPSA) is 67.5 Å². The van der Waals surface area contributed by atoms with Crippen LogP contribution in [0.1, 0.15) is 24.0 Å². The molecule has 0 spiro atoms. The van der Waals surface area contributed by atoms with E-state index in [9.17, 15) is 4.79 Å². The van der Waals surface area contributed by atoms with Crippen molar-refractivity contribution in [2.45, 2.75) is 12.8 Å². The maximum atomic E-state index is 10.8. The molecule has 102 valence electrons. The minimum Gasteiger partial charge on any atom is -0.350 e. The standard InChI is InChI=1S/C16H17N3O/c1-12(18-19-16(17)20)15(13-8-4-2-5-9-13)14-10-6-3-7-11-14/h2-11,15H,1H3,(H3,17,19,20)/b18-12-. The van der Waals surface area contributed by atoms with E-state index >= 15 is 0 Å². The minimum absolute atomic E-state index is 0.00995. The van der Waals surface area contributed by atoms with Crippen LogP contribution in [0.5, 0.6) is 0 Å². The number of hydrogen-bond donors (Lipinski definition) is 2. The first-order chi connectivity index (χ1) is 9.68. The van der Waals surface area contributed by atoms with Crippen molar-refractivity contribution in [3.63, 3.8) is 0 Å². The summed E-state index contributed by atoms with van der Waals surface area (Å²) in [6, 6.07) is 19.4. The van der Waals surface area contributed by atoms with Gasteiger partial charge >= 0.3 is 6.03 Å². The van der Waals surface area contributed by atoms with E-state index in [0.29, 0.717) is 0 Å². The van der Waals surface area contributed by atoms with Crippen LogP contribution in [0.3, 0.4) is 0 Å². The van der Waals surface area contributed by atoms with Crippen molar-refractivity contribution in [1.29, 1.82) is 0 Å². The van der Waals surface area contributed by atoms with E-state index in [1.54, 1.807) is 0 Å². The molecule has 3 N–H and O–H groups in total. The van der Waals surface area contributed by atoms with E-state index in [4.69, 9.17) is 5.73 Å². The molecule has 4 heteroatoms. The summed E-state index contributed by atoms with van der Waals surface area (Å²) in [7, 11) is 0. The van der Waals surface area contributed by atoms with Crippen LogP contribution in [-0.2, 0) is 0 Å². The molecule has 2 amide bonds. The van der Waals surface area contributed by atoms with Gasteiger partial charge in [0, 0.05) is 11.6 Å². The molecule has 0 unspecified atom stereocenters. The van der Waals surface area contributed by atoms with Gasteiger partial charge in [-0.1, -0.05) is 60.7 Å². The van der Waals surface area contributed by atoms with Gasteiger partial charge in [0.2, 0.25) is 0 Å². The van der Waals surface area contributed by atoms with Gasteiger partial charge in [0.1, 0.15) is 0 Å². The normalized spacial score (nSPS) is 11.4. The summed E-state index contributed by atoms with van der Waals surface area (Å²) in [5.74, 6) is -0.00995. The lowest BCUT2D eigenvalue weighted by molar-refractivity contribution is 0.249. The highest BCUT2D eigenvalue weighted by Gasteiger charge is 2.17. The molecule has 0 saturated carbocycles. The number of amides is 2. The summed E-state index contributed by atoms with van der Waals surface area (Å²) in [4.78, 5) is 10.8. The summed E-state index contributed by atoms with van der Waals surface area (Å²) < 4.78 is 0. The van der Waals surface area contributed by atoms with Crippen molar-refractivity contribution >= 4 is 11.7 Å². The van der Waals surface area contributed by atoms with Crippen LogP contribution >= 0.6 is 0 Å². The van der Waals surface area contributed by atoms with Gasteiger partial charge in [-0.3, -0.25) is 0 Å². The third-order valence-electron chi connectivity index (χ3n) is 3.03. The van der Waals surface area contributed by atoms with Gasteiger partial charge in [0.15, 0.2) is 0 Å². The smallest absolute Gasteiger partial charge is 0.332 e. The molecular formula is C16H17N3O. The van der Waals surface area contributed by atoms with Crippen LogP contribution in [0.4, 0.5) is 4.79 Å². The molecular weight excluding hydrogens is 250 g/mol. The Hall–Kier alpha value is -2.62. The summed E-state index contributed by atoms with van der Waals surface area (Å²) in [5, 5.41) is 4.07. The molecule has 0 saturated heterocycles. The summed E-state index contributed by atoms with van der Waals surface area (Å²) >= 11 is 0. The van der Waals surface area contributed by atoms with E-state index in [1.165, 1.54) is 0 Å². The van der Waals surface area contributed by atoms with Gasteiger partial charge in [0.05, 0.1) is 0 Å². The van der Waals surface area contributed by atoms with E-state index in [0.717, 1.165) is 16.8 Å². The van der Waals surface area contributed by atoms with Crippen LogP contribution in [0.25, 0.3) is 0 Å². The first-order valence-electron chi connectivity index (χ1n) is 6.38. The number of urea groups is 1. The van der Waals surface area contributed by atoms with Gasteiger partial charge in [-0.25, -0.2) is 10.2 Å². The van der Waals surface area contributed by atoms with Crippen LogP contribution < -0.4 is 11.2 Å². The molecule has 0 bridgehead atoms. The number of hydrazone groups is 1. The van der Waals surface area contributed by atoms with Crippen LogP contribution in [-0.4, -0.2) is 11.7 Å². The highest BCUT2D eigenvalue weighted by Crippen LogP contribution is 2.25. The zero-order chi connectivity index (χ0) is 14.4. The molecule has 2 rings (SSSR count). The summed E-state index contributed by atoms with van der Waals surface area (Å²) in [6.07, 6.45) is 0. The van der Waals surface area contributed by atoms with Gasteiger partial charge in [-0.05, 0) is 18.1 Å². The van der Waals surface area contributed by atoms with Gasteiger partial charge in [0.25, 0.3) is 0 Å². The first kappa shape index (κ1) is 13.8. The molecule has 4 nitrogen and oxygen atoms in total. The number of hydrogen-bond acceptors (Lipinski definition) is 2. The minimum atomic E-state index is -0.663. The fraction of sp³-hybridized carbons (Fsp3) is 0.125. The molecule has 0 atom stereocenters. The molecule has 0 radical (unpaired) electrons. The first-order valence-corrected chi connectivity index (χ1v) is 6.38. The number of rotatable bonds is 4. The number of nitrogens with two attached hydrogens (primary N) is 1. The number of nitrogens with zero attached hydrogens (tertiary/aromatic N) is 1. The number of carbonyl (C=O) groups excluding carboxylic acids is 1. The lowest BCUT2D eigenvalue weighted by atomic mass is 9.88.